The fourth-order valence-electron chi connectivity index (χ4n) is 4.40. The van der Waals surface area contributed by atoms with Crippen molar-refractivity contribution in [3.05, 3.63) is 12.2 Å². The topological polar surface area (TPSA) is 63.6 Å². The van der Waals surface area contributed by atoms with E-state index in [1.807, 2.05) is 12.2 Å². The van der Waals surface area contributed by atoms with E-state index in [9.17, 15) is 14.7 Å². The van der Waals surface area contributed by atoms with Crippen molar-refractivity contribution in [3.63, 3.8) is 0 Å². The summed E-state index contributed by atoms with van der Waals surface area (Å²) in [6.07, 6.45) is 6.58. The largest absolute Gasteiger partial charge is 0.457 e. The summed E-state index contributed by atoms with van der Waals surface area (Å²) < 4.78 is 5.40. The number of alkyl halides is 1. The number of allylic oxidation sites excluding steroid dienone is 1. The van der Waals surface area contributed by atoms with Gasteiger partial charge in [-0.3, -0.25) is 9.59 Å². The molecule has 0 aromatic rings. The molecule has 5 atom stereocenters. The molecule has 2 fully saturated rings. The van der Waals surface area contributed by atoms with Gasteiger partial charge in [0.1, 0.15) is 16.8 Å². The van der Waals surface area contributed by atoms with E-state index in [4.69, 9.17) is 16.3 Å². The number of carbonyl (C=O) groups excluding carboxylic acids is 2. The number of aliphatic hydroxyl groups is 1. The molecule has 0 aromatic heterocycles. The average Bonchev–Trinajstić information content (AvgIpc) is 2.65. The maximum absolute atomic E-state index is 12.3. The van der Waals surface area contributed by atoms with Gasteiger partial charge < -0.3 is 9.84 Å². The maximum atomic E-state index is 12.3. The van der Waals surface area contributed by atoms with E-state index in [0.29, 0.717) is 12.3 Å². The van der Waals surface area contributed by atoms with Gasteiger partial charge in [0.15, 0.2) is 0 Å². The molecule has 116 valence electrons. The Morgan fingerprint density at radius 1 is 1.52 bits per heavy atom. The number of hydrogen-bond donors (Lipinski definition) is 1. The zero-order chi connectivity index (χ0) is 15.3. The van der Waals surface area contributed by atoms with Crippen LogP contribution in [0.5, 0.6) is 0 Å². The zero-order valence-electron chi connectivity index (χ0n) is 12.2. The summed E-state index contributed by atoms with van der Waals surface area (Å²) in [5.74, 6) is -0.563. The van der Waals surface area contributed by atoms with E-state index in [0.717, 1.165) is 19.3 Å². The molecular weight excluding hydrogens is 292 g/mol. The zero-order valence-corrected chi connectivity index (χ0v) is 12.9. The first-order valence-corrected chi connectivity index (χ1v) is 8.17. The summed E-state index contributed by atoms with van der Waals surface area (Å²) in [5, 5.41) is 10.9. The molecule has 4 nitrogen and oxygen atoms in total. The number of ether oxygens (including phenoxy) is 1. The summed E-state index contributed by atoms with van der Waals surface area (Å²) in [5.41, 5.74) is -1.98. The first-order chi connectivity index (χ1) is 9.97. The van der Waals surface area contributed by atoms with Crippen LogP contribution in [0.3, 0.4) is 0 Å². The molecule has 3 aliphatic rings. The Morgan fingerprint density at radius 2 is 2.29 bits per heavy atom. The Kier molecular flexibility index (Phi) is 3.65. The number of aliphatic hydroxyl groups excluding tert-OH is 1. The second-order valence-corrected chi connectivity index (χ2v) is 6.99. The predicted molar refractivity (Wildman–Crippen MR) is 77.9 cm³/mol. The van der Waals surface area contributed by atoms with Crippen molar-refractivity contribution in [2.45, 2.75) is 50.7 Å². The quantitative estimate of drug-likeness (QED) is 0.491. The van der Waals surface area contributed by atoms with E-state index in [-0.39, 0.29) is 18.1 Å². The van der Waals surface area contributed by atoms with Crippen LogP contribution in [0.25, 0.3) is 0 Å². The molecule has 1 aliphatic heterocycles. The number of hydrogen-bond acceptors (Lipinski definition) is 4. The minimum atomic E-state index is -1.08. The van der Waals surface area contributed by atoms with Crippen LogP contribution in [0.1, 0.15) is 39.0 Å². The molecule has 21 heavy (non-hydrogen) atoms. The number of fused-ring (bicyclic) bond motifs is 1. The minimum absolute atomic E-state index is 0.0113. The van der Waals surface area contributed by atoms with Crippen LogP contribution >= 0.6 is 11.6 Å². The monoisotopic (exact) mass is 312 g/mol. The van der Waals surface area contributed by atoms with Crippen molar-refractivity contribution in [1.29, 1.82) is 0 Å². The molecule has 0 amide bonds. The Morgan fingerprint density at radius 3 is 2.86 bits per heavy atom. The highest BCUT2D eigenvalue weighted by atomic mass is 35.5. The summed E-state index contributed by atoms with van der Waals surface area (Å²) in [4.78, 5) is 24.6. The van der Waals surface area contributed by atoms with Gasteiger partial charge in [0, 0.05) is 18.2 Å². The normalized spacial score (nSPS) is 43.2. The number of ketones is 1. The van der Waals surface area contributed by atoms with Crippen molar-refractivity contribution in [2.75, 3.05) is 5.88 Å². The first-order valence-electron chi connectivity index (χ1n) is 7.64. The van der Waals surface area contributed by atoms with Gasteiger partial charge in [-0.15, -0.1) is 11.6 Å². The van der Waals surface area contributed by atoms with Crippen molar-refractivity contribution in [1.82, 2.24) is 0 Å². The molecule has 0 aromatic carbocycles. The van der Waals surface area contributed by atoms with Crippen LogP contribution < -0.4 is 0 Å². The van der Waals surface area contributed by atoms with Gasteiger partial charge in [0.25, 0.3) is 0 Å². The fourth-order valence-corrected chi connectivity index (χ4v) is 4.62. The number of Topliss-reactive ketones (excluding diaryl/α,β-unsaturated/α-hetero) is 1. The molecule has 3 rings (SSSR count). The highest BCUT2D eigenvalue weighted by Gasteiger charge is 2.78. The number of rotatable bonds is 4. The molecule has 1 unspecified atom stereocenters. The van der Waals surface area contributed by atoms with E-state index in [1.54, 1.807) is 6.92 Å². The second-order valence-electron chi connectivity index (χ2n) is 6.61. The van der Waals surface area contributed by atoms with Crippen molar-refractivity contribution in [3.8, 4) is 0 Å². The lowest BCUT2D eigenvalue weighted by atomic mass is 9.60. The lowest BCUT2D eigenvalue weighted by Gasteiger charge is -2.55. The van der Waals surface area contributed by atoms with E-state index in [2.05, 4.69) is 0 Å². The average molecular weight is 313 g/mol. The summed E-state index contributed by atoms with van der Waals surface area (Å²) >= 11 is 5.79. The smallest absolute Gasteiger partial charge is 0.319 e. The summed E-state index contributed by atoms with van der Waals surface area (Å²) in [6.45, 7) is 1.78. The minimum Gasteiger partial charge on any atom is -0.457 e. The summed E-state index contributed by atoms with van der Waals surface area (Å²) in [7, 11) is 0. The van der Waals surface area contributed by atoms with E-state index >= 15 is 0 Å². The number of esters is 1. The Hall–Kier alpha value is -0.870. The van der Waals surface area contributed by atoms with Crippen molar-refractivity contribution >= 4 is 23.4 Å². The maximum Gasteiger partial charge on any atom is 0.319 e. The SMILES string of the molecule is C[C@@]12OC(=O)[C@]1(C(O)[C@@H]1C=CCCC1)CC(=O)[C@@H]2CCCl. The third kappa shape index (κ3) is 1.85. The van der Waals surface area contributed by atoms with Gasteiger partial charge in [0.05, 0.1) is 12.0 Å². The van der Waals surface area contributed by atoms with Crippen LogP contribution in [0.4, 0.5) is 0 Å². The molecular formula is C16H21ClO4. The van der Waals surface area contributed by atoms with Crippen LogP contribution in [0.15, 0.2) is 12.2 Å². The lowest BCUT2D eigenvalue weighted by Crippen LogP contribution is -2.70. The van der Waals surface area contributed by atoms with Gasteiger partial charge in [-0.05, 0) is 32.6 Å². The first kappa shape index (κ1) is 15.0. The van der Waals surface area contributed by atoms with Gasteiger partial charge >= 0.3 is 5.97 Å². The third-order valence-corrected chi connectivity index (χ3v) is 5.88. The van der Waals surface area contributed by atoms with Crippen molar-refractivity contribution < 1.29 is 19.4 Å². The van der Waals surface area contributed by atoms with E-state index in [1.165, 1.54) is 0 Å². The molecule has 0 radical (unpaired) electrons. The van der Waals surface area contributed by atoms with E-state index < -0.39 is 29.0 Å². The van der Waals surface area contributed by atoms with Gasteiger partial charge in [-0.25, -0.2) is 0 Å². The van der Waals surface area contributed by atoms with Crippen molar-refractivity contribution in [2.24, 2.45) is 17.3 Å². The van der Waals surface area contributed by atoms with Crippen LogP contribution in [0.2, 0.25) is 0 Å². The molecule has 5 heteroatoms. The highest BCUT2D eigenvalue weighted by molar-refractivity contribution is 6.18. The predicted octanol–water partition coefficient (Wildman–Crippen LogP) is 2.22. The van der Waals surface area contributed by atoms with Gasteiger partial charge in [0.2, 0.25) is 0 Å². The highest BCUT2D eigenvalue weighted by Crippen LogP contribution is 2.62. The third-order valence-electron chi connectivity index (χ3n) is 5.66. The second kappa shape index (κ2) is 5.10. The molecule has 1 saturated heterocycles. The summed E-state index contributed by atoms with van der Waals surface area (Å²) in [6, 6.07) is 0. The van der Waals surface area contributed by atoms with Crippen LogP contribution in [0, 0.1) is 17.3 Å². The molecule has 1 heterocycles. The standard InChI is InChI=1S/C16H21ClO4/c1-15-11(7-8-17)12(18)9-16(15,14(20)21-15)13(19)10-5-3-2-4-6-10/h3,5,10-11,13,19H,2,4,6-9H2,1H3/t10-,11+,13?,15+,16-/m1/s1. The Balaban J connectivity index is 1.94. The van der Waals surface area contributed by atoms with Crippen LogP contribution in [-0.2, 0) is 14.3 Å². The Labute approximate surface area is 129 Å². The lowest BCUT2D eigenvalue weighted by molar-refractivity contribution is -0.262. The van der Waals surface area contributed by atoms with Gasteiger partial charge in [-0.2, -0.15) is 0 Å². The molecule has 0 bridgehead atoms. The van der Waals surface area contributed by atoms with Gasteiger partial charge in [-0.1, -0.05) is 12.2 Å². The molecule has 1 saturated carbocycles. The molecule has 2 aliphatic carbocycles. The van der Waals surface area contributed by atoms with Crippen LogP contribution in [-0.4, -0.2) is 34.4 Å². The number of carbonyl (C=O) groups is 2. The molecule has 1 N–H and O–H groups in total. The Bertz CT molecular complexity index is 503. The fraction of sp³-hybridized carbons (Fsp3) is 0.750. The number of halogens is 1. The molecule has 0 spiro atoms.